The van der Waals surface area contributed by atoms with Crippen LogP contribution in [0.2, 0.25) is 0 Å². The van der Waals surface area contributed by atoms with Crippen molar-refractivity contribution in [2.45, 2.75) is 20.0 Å². The van der Waals surface area contributed by atoms with Crippen LogP contribution >= 0.6 is 0 Å². The number of nitrogens with one attached hydrogen (secondary N) is 1. The van der Waals surface area contributed by atoms with Crippen LogP contribution in [0.3, 0.4) is 0 Å². The topological polar surface area (TPSA) is 102 Å². The summed E-state index contributed by atoms with van der Waals surface area (Å²) in [5.74, 6) is -1.34. The van der Waals surface area contributed by atoms with Crippen LogP contribution < -0.4 is 10.1 Å². The van der Waals surface area contributed by atoms with Crippen molar-refractivity contribution < 1.29 is 29.0 Å². The first-order chi connectivity index (χ1) is 12.3. The highest BCUT2D eigenvalue weighted by Gasteiger charge is 2.22. The lowest BCUT2D eigenvalue weighted by molar-refractivity contribution is -0.114. The van der Waals surface area contributed by atoms with Crippen LogP contribution in [-0.4, -0.2) is 36.0 Å². The Morgan fingerprint density at radius 3 is 2.27 bits per heavy atom. The second kappa shape index (κ2) is 8.15. The third-order valence-electron chi connectivity index (χ3n) is 3.57. The fourth-order valence-electron chi connectivity index (χ4n) is 2.24. The first kappa shape index (κ1) is 19.0. The molecule has 2 rings (SSSR count). The van der Waals surface area contributed by atoms with Gasteiger partial charge in [0.25, 0.3) is 0 Å². The number of carbonyl (C=O) groups excluding carboxylic acids is 3. The van der Waals surface area contributed by atoms with Gasteiger partial charge in [0.15, 0.2) is 6.10 Å². The molecule has 136 valence electrons. The summed E-state index contributed by atoms with van der Waals surface area (Å²) in [5.41, 5.74) is 0.826. The van der Waals surface area contributed by atoms with Crippen molar-refractivity contribution in [3.05, 3.63) is 53.6 Å². The van der Waals surface area contributed by atoms with Gasteiger partial charge in [-0.1, -0.05) is 0 Å². The molecule has 7 heteroatoms. The number of phenolic OH excluding ortho intramolecular Hbond substituents is 1. The van der Waals surface area contributed by atoms with Gasteiger partial charge >= 0.3 is 5.97 Å². The molecule has 2 aromatic carbocycles. The zero-order valence-electron chi connectivity index (χ0n) is 14.6. The molecule has 2 aromatic rings. The predicted molar refractivity (Wildman–Crippen MR) is 94.6 cm³/mol. The summed E-state index contributed by atoms with van der Waals surface area (Å²) in [6, 6.07) is 10.4. The molecule has 26 heavy (non-hydrogen) atoms. The van der Waals surface area contributed by atoms with Crippen molar-refractivity contribution in [2.24, 2.45) is 0 Å². The van der Waals surface area contributed by atoms with Gasteiger partial charge in [-0.15, -0.1) is 0 Å². The van der Waals surface area contributed by atoms with Gasteiger partial charge in [0.05, 0.1) is 7.11 Å². The average molecular weight is 357 g/mol. The van der Waals surface area contributed by atoms with Gasteiger partial charge in [-0.25, -0.2) is 4.79 Å². The molecule has 0 radical (unpaired) electrons. The monoisotopic (exact) mass is 357 g/mol. The van der Waals surface area contributed by atoms with Crippen LogP contribution in [0.5, 0.6) is 11.5 Å². The van der Waals surface area contributed by atoms with Crippen LogP contribution in [0.25, 0.3) is 0 Å². The molecule has 1 atom stereocenters. The Morgan fingerprint density at radius 2 is 1.73 bits per heavy atom. The van der Waals surface area contributed by atoms with Crippen molar-refractivity contribution in [2.75, 3.05) is 12.4 Å². The minimum Gasteiger partial charge on any atom is -0.507 e. The minimum atomic E-state index is -1.05. The molecule has 0 aliphatic rings. The summed E-state index contributed by atoms with van der Waals surface area (Å²) in [4.78, 5) is 35.5. The van der Waals surface area contributed by atoms with E-state index in [1.54, 1.807) is 12.1 Å². The Bertz CT molecular complexity index is 828. The maximum atomic E-state index is 12.4. The Labute approximate surface area is 150 Å². The lowest BCUT2D eigenvalue weighted by Gasteiger charge is -2.13. The van der Waals surface area contributed by atoms with E-state index >= 15 is 0 Å². The molecule has 2 N–H and O–H groups in total. The van der Waals surface area contributed by atoms with Crippen molar-refractivity contribution >= 4 is 23.3 Å². The van der Waals surface area contributed by atoms with Gasteiger partial charge in [0.1, 0.15) is 17.1 Å². The van der Waals surface area contributed by atoms with E-state index in [1.807, 2.05) is 0 Å². The maximum Gasteiger partial charge on any atom is 0.342 e. The van der Waals surface area contributed by atoms with E-state index in [4.69, 9.17) is 9.47 Å². The van der Waals surface area contributed by atoms with Crippen LogP contribution in [-0.2, 0) is 9.53 Å². The van der Waals surface area contributed by atoms with E-state index in [2.05, 4.69) is 5.32 Å². The fourth-order valence-corrected chi connectivity index (χ4v) is 2.24. The smallest absolute Gasteiger partial charge is 0.342 e. The quantitative estimate of drug-likeness (QED) is 0.609. The van der Waals surface area contributed by atoms with E-state index in [-0.39, 0.29) is 17.2 Å². The predicted octanol–water partition coefficient (Wildman–Crippen LogP) is 2.79. The van der Waals surface area contributed by atoms with Gasteiger partial charge in [0.2, 0.25) is 11.7 Å². The highest BCUT2D eigenvalue weighted by molar-refractivity contribution is 6.02. The Hall–Kier alpha value is -3.35. The Morgan fingerprint density at radius 1 is 1.08 bits per heavy atom. The van der Waals surface area contributed by atoms with Crippen LogP contribution in [0, 0.1) is 0 Å². The van der Waals surface area contributed by atoms with E-state index < -0.39 is 17.9 Å². The zero-order valence-corrected chi connectivity index (χ0v) is 14.6. The van der Waals surface area contributed by atoms with Crippen molar-refractivity contribution in [3.63, 3.8) is 0 Å². The largest absolute Gasteiger partial charge is 0.507 e. The van der Waals surface area contributed by atoms with Gasteiger partial charge < -0.3 is 19.9 Å². The number of rotatable bonds is 6. The molecule has 7 nitrogen and oxygen atoms in total. The third kappa shape index (κ3) is 4.60. The number of hydrogen-bond acceptors (Lipinski definition) is 6. The molecule has 0 saturated heterocycles. The molecular weight excluding hydrogens is 338 g/mol. The van der Waals surface area contributed by atoms with Gasteiger partial charge in [0, 0.05) is 24.2 Å². The van der Waals surface area contributed by atoms with Crippen molar-refractivity contribution in [1.82, 2.24) is 0 Å². The number of ether oxygens (including phenoxy) is 2. The first-order valence-electron chi connectivity index (χ1n) is 7.81. The molecule has 0 saturated carbocycles. The number of hydrogen-bond donors (Lipinski definition) is 2. The number of Topliss-reactive ketones (excluding diaryl/α,β-unsaturated/α-hetero) is 1. The van der Waals surface area contributed by atoms with Gasteiger partial charge in [-0.3, -0.25) is 9.59 Å². The number of anilines is 1. The first-order valence-corrected chi connectivity index (χ1v) is 7.81. The standard InChI is InChI=1S/C19H19NO6/c1-11(18(23)13-4-6-14(7-5-13)20-12(2)21)26-19(24)16-9-8-15(25-3)10-17(16)22/h4-11,22H,1-3H3,(H,20,21)/t11-/m1/s1. The lowest BCUT2D eigenvalue weighted by Crippen LogP contribution is -2.24. The summed E-state index contributed by atoms with van der Waals surface area (Å²) < 4.78 is 10.1. The average Bonchev–Trinajstić information content (AvgIpc) is 2.60. The SMILES string of the molecule is COc1ccc(C(=O)O[C@H](C)C(=O)c2ccc(NC(C)=O)cc2)c(O)c1. The Kier molecular flexibility index (Phi) is 5.95. The zero-order chi connectivity index (χ0) is 19.3. The normalized spacial score (nSPS) is 11.3. The molecule has 0 heterocycles. The number of amides is 1. The molecule has 0 aliphatic heterocycles. The minimum absolute atomic E-state index is 0.0635. The summed E-state index contributed by atoms with van der Waals surface area (Å²) >= 11 is 0. The fraction of sp³-hybridized carbons (Fsp3) is 0.211. The summed E-state index contributed by atoms with van der Waals surface area (Å²) in [6.07, 6.45) is -1.05. The van der Waals surface area contributed by atoms with Crippen molar-refractivity contribution in [3.8, 4) is 11.5 Å². The van der Waals surface area contributed by atoms with Crippen LogP contribution in [0.4, 0.5) is 5.69 Å². The highest BCUT2D eigenvalue weighted by atomic mass is 16.5. The number of phenols is 1. The molecular formula is C19H19NO6. The van der Waals surface area contributed by atoms with E-state index in [0.29, 0.717) is 17.0 Å². The second-order valence-corrected chi connectivity index (χ2v) is 5.55. The van der Waals surface area contributed by atoms with E-state index in [9.17, 15) is 19.5 Å². The number of esters is 1. The van der Waals surface area contributed by atoms with E-state index in [1.165, 1.54) is 51.3 Å². The summed E-state index contributed by atoms with van der Waals surface area (Å²) in [6.45, 7) is 2.83. The number of aromatic hydroxyl groups is 1. The molecule has 0 unspecified atom stereocenters. The van der Waals surface area contributed by atoms with Gasteiger partial charge in [-0.05, 0) is 43.3 Å². The number of benzene rings is 2. The second-order valence-electron chi connectivity index (χ2n) is 5.55. The van der Waals surface area contributed by atoms with E-state index in [0.717, 1.165) is 0 Å². The van der Waals surface area contributed by atoms with Gasteiger partial charge in [-0.2, -0.15) is 0 Å². The number of methoxy groups -OCH3 is 1. The van der Waals surface area contributed by atoms with Crippen LogP contribution in [0.1, 0.15) is 34.6 Å². The summed E-state index contributed by atoms with van der Waals surface area (Å²) in [5, 5.41) is 12.5. The lowest BCUT2D eigenvalue weighted by atomic mass is 10.1. The van der Waals surface area contributed by atoms with Crippen LogP contribution in [0.15, 0.2) is 42.5 Å². The number of ketones is 1. The molecule has 0 aromatic heterocycles. The molecule has 1 amide bonds. The summed E-state index contributed by atoms with van der Waals surface area (Å²) in [7, 11) is 1.44. The number of carbonyl (C=O) groups is 3. The molecule has 0 bridgehead atoms. The maximum absolute atomic E-state index is 12.4. The molecule has 0 aliphatic carbocycles. The molecule has 0 spiro atoms. The van der Waals surface area contributed by atoms with Crippen molar-refractivity contribution in [1.29, 1.82) is 0 Å². The highest BCUT2D eigenvalue weighted by Crippen LogP contribution is 2.24. The Balaban J connectivity index is 2.06. The molecule has 0 fully saturated rings. The third-order valence-corrected chi connectivity index (χ3v) is 3.57.